The fourth-order valence-corrected chi connectivity index (χ4v) is 2.99. The smallest absolute Gasteiger partial charge is 0.259 e. The Balaban J connectivity index is 2.13. The average Bonchev–Trinajstić information content (AvgIpc) is 2.82. The van der Waals surface area contributed by atoms with Gasteiger partial charge in [0, 0.05) is 36.6 Å². The molecule has 0 fully saturated rings. The average molecular weight is 307 g/mol. The number of carbonyl (C=O) groups is 1. The zero-order valence-electron chi connectivity index (χ0n) is 14.0. The van der Waals surface area contributed by atoms with Gasteiger partial charge in [0.1, 0.15) is 0 Å². The summed E-state index contributed by atoms with van der Waals surface area (Å²) in [6.07, 6.45) is 1.65. The van der Waals surface area contributed by atoms with E-state index >= 15 is 0 Å². The van der Waals surface area contributed by atoms with Crippen LogP contribution in [0.25, 0.3) is 10.9 Å². The Morgan fingerprint density at radius 3 is 2.57 bits per heavy atom. The van der Waals surface area contributed by atoms with Gasteiger partial charge in [-0.3, -0.25) is 9.78 Å². The molecule has 118 valence electrons. The lowest BCUT2D eigenvalue weighted by Gasteiger charge is -2.21. The summed E-state index contributed by atoms with van der Waals surface area (Å²) < 4.78 is 2.13. The van der Waals surface area contributed by atoms with Gasteiger partial charge in [-0.05, 0) is 39.0 Å². The van der Waals surface area contributed by atoms with Crippen LogP contribution in [0.2, 0.25) is 0 Å². The van der Waals surface area contributed by atoms with Crippen LogP contribution in [-0.4, -0.2) is 22.0 Å². The van der Waals surface area contributed by atoms with Gasteiger partial charge in [-0.15, -0.1) is 0 Å². The highest BCUT2D eigenvalue weighted by molar-refractivity contribution is 6.11. The molecule has 0 atom stereocenters. The lowest BCUT2D eigenvalue weighted by Crippen LogP contribution is -2.31. The van der Waals surface area contributed by atoms with E-state index in [0.717, 1.165) is 28.0 Å². The van der Waals surface area contributed by atoms with E-state index in [-0.39, 0.29) is 5.91 Å². The number of amides is 1. The van der Waals surface area contributed by atoms with Gasteiger partial charge in [0.25, 0.3) is 5.91 Å². The number of anilines is 1. The minimum Gasteiger partial charge on any atom is -0.346 e. The van der Waals surface area contributed by atoms with Crippen LogP contribution in [0.1, 0.15) is 28.7 Å². The van der Waals surface area contributed by atoms with Gasteiger partial charge in [0.2, 0.25) is 0 Å². The summed E-state index contributed by atoms with van der Waals surface area (Å²) in [5, 5.41) is 1.10. The fourth-order valence-electron chi connectivity index (χ4n) is 2.99. The summed E-state index contributed by atoms with van der Waals surface area (Å²) in [5.41, 5.74) is 4.72. The molecular formula is C19H21N3O. The molecule has 0 radical (unpaired) electrons. The monoisotopic (exact) mass is 307 g/mol. The van der Waals surface area contributed by atoms with Crippen molar-refractivity contribution in [1.82, 2.24) is 9.55 Å². The number of pyridine rings is 1. The van der Waals surface area contributed by atoms with Gasteiger partial charge in [0.05, 0.1) is 16.8 Å². The predicted molar refractivity (Wildman–Crippen MR) is 94.0 cm³/mol. The number of rotatable bonds is 3. The van der Waals surface area contributed by atoms with Gasteiger partial charge in [-0.2, -0.15) is 0 Å². The van der Waals surface area contributed by atoms with Crippen molar-refractivity contribution in [3.63, 3.8) is 0 Å². The quantitative estimate of drug-likeness (QED) is 0.737. The SMILES string of the molecule is CCN(C(=O)c1ccc(C)nc1)c1c(C)n(C)c2ccccc12. The molecule has 0 aliphatic heterocycles. The lowest BCUT2D eigenvalue weighted by atomic mass is 10.1. The molecule has 4 heteroatoms. The largest absolute Gasteiger partial charge is 0.346 e. The van der Waals surface area contributed by atoms with Crippen LogP contribution in [-0.2, 0) is 7.05 Å². The first-order chi connectivity index (χ1) is 11.0. The van der Waals surface area contributed by atoms with E-state index in [1.807, 2.05) is 50.1 Å². The maximum atomic E-state index is 13.0. The van der Waals surface area contributed by atoms with Crippen molar-refractivity contribution in [3.8, 4) is 0 Å². The zero-order chi connectivity index (χ0) is 16.6. The van der Waals surface area contributed by atoms with Crippen LogP contribution in [0, 0.1) is 13.8 Å². The summed E-state index contributed by atoms with van der Waals surface area (Å²) in [4.78, 5) is 19.1. The highest BCUT2D eigenvalue weighted by Crippen LogP contribution is 2.33. The molecule has 0 unspecified atom stereocenters. The van der Waals surface area contributed by atoms with E-state index in [2.05, 4.69) is 28.6 Å². The molecule has 3 rings (SSSR count). The van der Waals surface area contributed by atoms with Gasteiger partial charge >= 0.3 is 0 Å². The van der Waals surface area contributed by atoms with Gasteiger partial charge in [-0.1, -0.05) is 18.2 Å². The van der Waals surface area contributed by atoms with E-state index in [1.54, 1.807) is 6.20 Å². The summed E-state index contributed by atoms with van der Waals surface area (Å²) >= 11 is 0. The first-order valence-corrected chi connectivity index (χ1v) is 7.83. The second-order valence-electron chi connectivity index (χ2n) is 5.75. The maximum absolute atomic E-state index is 13.0. The standard InChI is InChI=1S/C19H21N3O/c1-5-22(19(23)15-11-10-13(2)20-12-15)18-14(3)21(4)17-9-7-6-8-16(17)18/h6-12H,5H2,1-4H3. The Bertz CT molecular complexity index is 862. The number of para-hydroxylation sites is 1. The number of nitrogens with zero attached hydrogens (tertiary/aromatic N) is 3. The van der Waals surface area contributed by atoms with Crippen molar-refractivity contribution in [1.29, 1.82) is 0 Å². The topological polar surface area (TPSA) is 38.1 Å². The van der Waals surface area contributed by atoms with Crippen molar-refractivity contribution in [2.75, 3.05) is 11.4 Å². The van der Waals surface area contributed by atoms with E-state index in [4.69, 9.17) is 0 Å². The number of hydrogen-bond donors (Lipinski definition) is 0. The Morgan fingerprint density at radius 1 is 1.17 bits per heavy atom. The third kappa shape index (κ3) is 2.50. The molecule has 0 aliphatic rings. The Morgan fingerprint density at radius 2 is 1.91 bits per heavy atom. The molecular weight excluding hydrogens is 286 g/mol. The van der Waals surface area contributed by atoms with Gasteiger partial charge < -0.3 is 9.47 Å². The molecule has 2 heterocycles. The van der Waals surface area contributed by atoms with E-state index in [9.17, 15) is 4.79 Å². The third-order valence-corrected chi connectivity index (χ3v) is 4.36. The van der Waals surface area contributed by atoms with Crippen molar-refractivity contribution in [2.45, 2.75) is 20.8 Å². The van der Waals surface area contributed by atoms with Crippen LogP contribution in [0.15, 0.2) is 42.6 Å². The Labute approximate surface area is 136 Å². The zero-order valence-corrected chi connectivity index (χ0v) is 14.0. The number of hydrogen-bond acceptors (Lipinski definition) is 2. The highest BCUT2D eigenvalue weighted by Gasteiger charge is 2.23. The molecule has 3 aromatic rings. The molecule has 1 aromatic carbocycles. The third-order valence-electron chi connectivity index (χ3n) is 4.36. The van der Waals surface area contributed by atoms with Crippen LogP contribution < -0.4 is 4.90 Å². The fraction of sp³-hybridized carbons (Fsp3) is 0.263. The highest BCUT2D eigenvalue weighted by atomic mass is 16.2. The summed E-state index contributed by atoms with van der Waals surface area (Å²) in [7, 11) is 2.03. The molecule has 4 nitrogen and oxygen atoms in total. The molecule has 0 aliphatic carbocycles. The predicted octanol–water partition coefficient (Wildman–Crippen LogP) is 3.86. The Hall–Kier alpha value is -2.62. The molecule has 23 heavy (non-hydrogen) atoms. The van der Waals surface area contributed by atoms with E-state index < -0.39 is 0 Å². The summed E-state index contributed by atoms with van der Waals surface area (Å²) in [6.45, 7) is 6.58. The molecule has 1 amide bonds. The minimum absolute atomic E-state index is 0.0144. The number of aromatic nitrogens is 2. The molecule has 2 aromatic heterocycles. The molecule has 0 saturated carbocycles. The Kier molecular flexibility index (Phi) is 3.90. The van der Waals surface area contributed by atoms with Gasteiger partial charge in [-0.25, -0.2) is 0 Å². The number of carbonyl (C=O) groups excluding carboxylic acids is 1. The normalized spacial score (nSPS) is 11.0. The van der Waals surface area contributed by atoms with Crippen molar-refractivity contribution >= 4 is 22.5 Å². The summed E-state index contributed by atoms with van der Waals surface area (Å²) in [5.74, 6) is -0.0144. The number of aryl methyl sites for hydroxylation is 2. The van der Waals surface area contributed by atoms with Crippen LogP contribution in [0.5, 0.6) is 0 Å². The second-order valence-corrected chi connectivity index (χ2v) is 5.75. The number of benzene rings is 1. The lowest BCUT2D eigenvalue weighted by molar-refractivity contribution is 0.0988. The molecule has 0 saturated heterocycles. The van der Waals surface area contributed by atoms with E-state index in [0.29, 0.717) is 12.1 Å². The first kappa shape index (κ1) is 15.3. The summed E-state index contributed by atoms with van der Waals surface area (Å²) in [6, 6.07) is 11.9. The maximum Gasteiger partial charge on any atom is 0.259 e. The van der Waals surface area contributed by atoms with Crippen molar-refractivity contribution in [3.05, 3.63) is 59.5 Å². The van der Waals surface area contributed by atoms with Crippen molar-refractivity contribution < 1.29 is 4.79 Å². The molecule has 0 N–H and O–H groups in total. The van der Waals surface area contributed by atoms with Crippen LogP contribution >= 0.6 is 0 Å². The molecule has 0 bridgehead atoms. The second kappa shape index (κ2) is 5.88. The van der Waals surface area contributed by atoms with Crippen LogP contribution in [0.3, 0.4) is 0 Å². The van der Waals surface area contributed by atoms with Crippen molar-refractivity contribution in [2.24, 2.45) is 7.05 Å². The van der Waals surface area contributed by atoms with Gasteiger partial charge in [0.15, 0.2) is 0 Å². The number of fused-ring (bicyclic) bond motifs is 1. The molecule has 0 spiro atoms. The minimum atomic E-state index is -0.0144. The van der Waals surface area contributed by atoms with Crippen LogP contribution in [0.4, 0.5) is 5.69 Å². The first-order valence-electron chi connectivity index (χ1n) is 7.83. The van der Waals surface area contributed by atoms with E-state index in [1.165, 1.54) is 0 Å².